The highest BCUT2D eigenvalue weighted by molar-refractivity contribution is 7.80. The molecule has 4 unspecified atom stereocenters. The summed E-state index contributed by atoms with van der Waals surface area (Å²) in [4.78, 5) is 53.7. The van der Waals surface area contributed by atoms with Crippen LogP contribution in [0.15, 0.2) is 4.99 Å². The number of aliphatic imine (C=N–C) groups is 1. The second kappa shape index (κ2) is 12.2. The summed E-state index contributed by atoms with van der Waals surface area (Å²) in [7, 11) is 0. The Labute approximate surface area is 180 Å². The number of carbonyl (C=O) groups excluding carboxylic acids is 3. The summed E-state index contributed by atoms with van der Waals surface area (Å²) in [5.41, 5.74) is 16.5. The molecule has 170 valence electrons. The maximum absolute atomic E-state index is 12.6. The quantitative estimate of drug-likeness (QED) is 0.0772. The third-order valence-electron chi connectivity index (χ3n) is 4.67. The molecule has 0 radical (unpaired) electrons. The minimum atomic E-state index is -1.22. The SMILES string of the molecule is CC(NC(=O)C1CCCN1C(=O)C(N)CCCN=C(N)N)C(=O)NC(CS)C(=O)O. The number of nitrogens with zero attached hydrogens (tertiary/aromatic N) is 2. The molecule has 1 heterocycles. The zero-order chi connectivity index (χ0) is 22.8. The van der Waals surface area contributed by atoms with Gasteiger partial charge in [0.05, 0.1) is 6.04 Å². The van der Waals surface area contributed by atoms with E-state index >= 15 is 0 Å². The molecule has 0 aromatic carbocycles. The van der Waals surface area contributed by atoms with Crippen molar-refractivity contribution in [3.8, 4) is 0 Å². The predicted octanol–water partition coefficient (Wildman–Crippen LogP) is -2.64. The molecule has 0 saturated carbocycles. The van der Waals surface area contributed by atoms with E-state index in [4.69, 9.17) is 22.3 Å². The zero-order valence-corrected chi connectivity index (χ0v) is 17.8. The second-order valence-corrected chi connectivity index (χ2v) is 7.42. The fourth-order valence-corrected chi connectivity index (χ4v) is 3.26. The monoisotopic (exact) mass is 445 g/mol. The number of carboxylic acids is 1. The van der Waals surface area contributed by atoms with E-state index in [9.17, 15) is 19.2 Å². The average molecular weight is 446 g/mol. The van der Waals surface area contributed by atoms with Gasteiger partial charge in [-0.1, -0.05) is 0 Å². The van der Waals surface area contributed by atoms with E-state index in [-0.39, 0.29) is 17.6 Å². The van der Waals surface area contributed by atoms with Gasteiger partial charge in [-0.25, -0.2) is 4.79 Å². The molecule has 1 aliphatic heterocycles. The number of nitrogens with two attached hydrogens (primary N) is 3. The van der Waals surface area contributed by atoms with Gasteiger partial charge in [-0.3, -0.25) is 19.4 Å². The molecule has 30 heavy (non-hydrogen) atoms. The molecule has 9 N–H and O–H groups in total. The first kappa shape index (κ1) is 25.5. The van der Waals surface area contributed by atoms with E-state index < -0.39 is 42.0 Å². The van der Waals surface area contributed by atoms with Gasteiger partial charge in [-0.2, -0.15) is 12.6 Å². The van der Waals surface area contributed by atoms with Gasteiger partial charge < -0.3 is 37.8 Å². The van der Waals surface area contributed by atoms with E-state index in [2.05, 4.69) is 28.3 Å². The Morgan fingerprint density at radius 3 is 2.50 bits per heavy atom. The molecule has 4 atom stereocenters. The highest BCUT2D eigenvalue weighted by atomic mass is 32.1. The summed E-state index contributed by atoms with van der Waals surface area (Å²) >= 11 is 3.87. The molecule has 3 amide bonds. The molecule has 1 saturated heterocycles. The van der Waals surface area contributed by atoms with Crippen LogP contribution in [0.3, 0.4) is 0 Å². The van der Waals surface area contributed by atoms with Crippen molar-refractivity contribution in [2.24, 2.45) is 22.2 Å². The molecule has 13 heteroatoms. The number of guanidine groups is 1. The summed E-state index contributed by atoms with van der Waals surface area (Å²) in [6.07, 6.45) is 1.95. The topological polar surface area (TPSA) is 206 Å². The maximum Gasteiger partial charge on any atom is 0.327 e. The van der Waals surface area contributed by atoms with Gasteiger partial charge in [-0.05, 0) is 32.6 Å². The van der Waals surface area contributed by atoms with Crippen molar-refractivity contribution < 1.29 is 24.3 Å². The van der Waals surface area contributed by atoms with Crippen LogP contribution in [-0.2, 0) is 19.2 Å². The highest BCUT2D eigenvalue weighted by Crippen LogP contribution is 2.19. The van der Waals surface area contributed by atoms with Crippen LogP contribution in [-0.4, -0.2) is 82.7 Å². The lowest BCUT2D eigenvalue weighted by atomic mass is 10.1. The number of rotatable bonds is 11. The van der Waals surface area contributed by atoms with Crippen LogP contribution < -0.4 is 27.8 Å². The van der Waals surface area contributed by atoms with Crippen molar-refractivity contribution in [1.82, 2.24) is 15.5 Å². The van der Waals surface area contributed by atoms with Gasteiger partial charge in [0.2, 0.25) is 17.7 Å². The van der Waals surface area contributed by atoms with Crippen molar-refractivity contribution >= 4 is 42.3 Å². The summed E-state index contributed by atoms with van der Waals surface area (Å²) in [6, 6.07) is -3.68. The van der Waals surface area contributed by atoms with Crippen LogP contribution in [0.5, 0.6) is 0 Å². The van der Waals surface area contributed by atoms with Crippen LogP contribution in [0.2, 0.25) is 0 Å². The third-order valence-corrected chi connectivity index (χ3v) is 5.04. The number of hydrogen-bond acceptors (Lipinski definition) is 7. The van der Waals surface area contributed by atoms with Crippen molar-refractivity contribution in [2.75, 3.05) is 18.8 Å². The van der Waals surface area contributed by atoms with Gasteiger partial charge >= 0.3 is 5.97 Å². The fourth-order valence-electron chi connectivity index (χ4n) is 3.02. The average Bonchev–Trinajstić information content (AvgIpc) is 3.17. The number of likely N-dealkylation sites (tertiary alicyclic amines) is 1. The molecule has 0 bridgehead atoms. The number of hydrogen-bond donors (Lipinski definition) is 7. The highest BCUT2D eigenvalue weighted by Gasteiger charge is 2.37. The van der Waals surface area contributed by atoms with Crippen LogP contribution in [0.25, 0.3) is 0 Å². The minimum absolute atomic E-state index is 0.0339. The van der Waals surface area contributed by atoms with Crippen molar-refractivity contribution in [3.05, 3.63) is 0 Å². The Balaban J connectivity index is 2.62. The fraction of sp³-hybridized carbons (Fsp3) is 0.706. The lowest BCUT2D eigenvalue weighted by molar-refractivity contribution is -0.142. The van der Waals surface area contributed by atoms with E-state index in [1.54, 1.807) is 0 Å². The summed E-state index contributed by atoms with van der Waals surface area (Å²) in [6.45, 7) is 2.17. The standard InChI is InChI=1S/C17H31N7O5S/c1-9(13(25)23-11(8-30)16(28)29)22-14(26)12-5-3-7-24(12)15(27)10(18)4-2-6-21-17(19)20/h9-12,30H,2-8,18H2,1H3,(H,22,26)(H,23,25)(H,28,29)(H4,19,20,21). The van der Waals surface area contributed by atoms with Crippen molar-refractivity contribution in [1.29, 1.82) is 0 Å². The summed E-state index contributed by atoms with van der Waals surface area (Å²) in [5, 5.41) is 13.8. The molecule has 1 aliphatic rings. The molecular weight excluding hydrogens is 414 g/mol. The Hall–Kier alpha value is -2.54. The minimum Gasteiger partial charge on any atom is -0.480 e. The first-order valence-corrected chi connectivity index (χ1v) is 10.3. The molecule has 1 rings (SSSR count). The lowest BCUT2D eigenvalue weighted by Gasteiger charge is -2.27. The van der Waals surface area contributed by atoms with Crippen LogP contribution in [0, 0.1) is 0 Å². The second-order valence-electron chi connectivity index (χ2n) is 7.06. The number of amides is 3. The van der Waals surface area contributed by atoms with E-state index in [0.717, 1.165) is 0 Å². The largest absolute Gasteiger partial charge is 0.480 e. The van der Waals surface area contributed by atoms with Gasteiger partial charge in [0.1, 0.15) is 18.1 Å². The van der Waals surface area contributed by atoms with E-state index in [1.807, 2.05) is 0 Å². The van der Waals surface area contributed by atoms with Gasteiger partial charge in [0.25, 0.3) is 0 Å². The molecule has 0 aromatic rings. The van der Waals surface area contributed by atoms with Crippen molar-refractivity contribution in [2.45, 2.75) is 56.8 Å². The van der Waals surface area contributed by atoms with Gasteiger partial charge in [0.15, 0.2) is 5.96 Å². The van der Waals surface area contributed by atoms with Crippen molar-refractivity contribution in [3.63, 3.8) is 0 Å². The zero-order valence-electron chi connectivity index (χ0n) is 16.9. The maximum atomic E-state index is 12.6. The van der Waals surface area contributed by atoms with Crippen LogP contribution in [0.1, 0.15) is 32.6 Å². The van der Waals surface area contributed by atoms with E-state index in [0.29, 0.717) is 38.8 Å². The smallest absolute Gasteiger partial charge is 0.327 e. The lowest BCUT2D eigenvalue weighted by Crippen LogP contribution is -2.56. The third kappa shape index (κ3) is 7.71. The number of aliphatic carboxylic acids is 1. The predicted molar refractivity (Wildman–Crippen MR) is 114 cm³/mol. The number of carboxylic acid groups (broad SMARTS) is 1. The summed E-state index contributed by atoms with van der Waals surface area (Å²) < 4.78 is 0. The molecule has 12 nitrogen and oxygen atoms in total. The Morgan fingerprint density at radius 2 is 1.93 bits per heavy atom. The molecule has 0 aromatic heterocycles. The molecule has 0 aliphatic carbocycles. The first-order chi connectivity index (χ1) is 14.1. The molecule has 1 fully saturated rings. The number of thiol groups is 1. The first-order valence-electron chi connectivity index (χ1n) is 9.64. The Kier molecular flexibility index (Phi) is 10.4. The Morgan fingerprint density at radius 1 is 1.27 bits per heavy atom. The molecule has 0 spiro atoms. The van der Waals surface area contributed by atoms with Crippen LogP contribution in [0.4, 0.5) is 0 Å². The number of carbonyl (C=O) groups is 4. The Bertz CT molecular complexity index is 671. The summed E-state index contributed by atoms with van der Waals surface area (Å²) in [5.74, 6) is -2.85. The molecular formula is C17H31N7O5S. The van der Waals surface area contributed by atoms with E-state index in [1.165, 1.54) is 11.8 Å². The van der Waals surface area contributed by atoms with Crippen LogP contribution >= 0.6 is 12.6 Å². The normalized spacial score (nSPS) is 18.8. The van der Waals surface area contributed by atoms with Gasteiger partial charge in [-0.15, -0.1) is 0 Å². The van der Waals surface area contributed by atoms with Gasteiger partial charge in [0, 0.05) is 18.8 Å². The number of nitrogens with one attached hydrogen (secondary N) is 2.